The van der Waals surface area contributed by atoms with Gasteiger partial charge in [0.1, 0.15) is 5.75 Å². The molecule has 122 valence electrons. The second-order valence-corrected chi connectivity index (χ2v) is 4.80. The van der Waals surface area contributed by atoms with Crippen molar-refractivity contribution < 1.29 is 26.7 Å². The molecule has 0 saturated carbocycles. The van der Waals surface area contributed by atoms with E-state index in [-0.39, 0.29) is 0 Å². The fourth-order valence-corrected chi connectivity index (χ4v) is 1.87. The van der Waals surface area contributed by atoms with Crippen LogP contribution in [0.4, 0.5) is 22.0 Å². The van der Waals surface area contributed by atoms with Crippen LogP contribution in [0.15, 0.2) is 48.5 Å². The largest absolute Gasteiger partial charge is 0.497 e. The molecule has 0 amide bonds. The first-order valence-electron chi connectivity index (χ1n) is 6.61. The van der Waals surface area contributed by atoms with Gasteiger partial charge in [0, 0.05) is 5.56 Å². The van der Waals surface area contributed by atoms with Gasteiger partial charge in [-0.15, -0.1) is 0 Å². The van der Waals surface area contributed by atoms with E-state index in [4.69, 9.17) is 4.74 Å². The van der Waals surface area contributed by atoms with Crippen molar-refractivity contribution in [1.82, 2.24) is 0 Å². The van der Waals surface area contributed by atoms with Gasteiger partial charge in [-0.05, 0) is 23.3 Å². The summed E-state index contributed by atoms with van der Waals surface area (Å²) in [5.41, 5.74) is 0.282. The van der Waals surface area contributed by atoms with E-state index >= 15 is 0 Å². The van der Waals surface area contributed by atoms with Crippen molar-refractivity contribution in [3.63, 3.8) is 0 Å². The quantitative estimate of drug-likeness (QED) is 0.530. The van der Waals surface area contributed by atoms with Gasteiger partial charge in [-0.3, -0.25) is 0 Å². The number of benzene rings is 2. The molecule has 0 radical (unpaired) electrons. The van der Waals surface area contributed by atoms with E-state index in [1.807, 2.05) is 0 Å². The van der Waals surface area contributed by atoms with E-state index in [2.05, 4.69) is 0 Å². The summed E-state index contributed by atoms with van der Waals surface area (Å²) in [6.45, 7) is 0. The van der Waals surface area contributed by atoms with Crippen LogP contribution in [0, 0.1) is 0 Å². The average Bonchev–Trinajstić information content (AvgIpc) is 2.53. The van der Waals surface area contributed by atoms with Crippen LogP contribution in [-0.4, -0.2) is 13.3 Å². The van der Waals surface area contributed by atoms with Crippen LogP contribution in [0.5, 0.6) is 5.75 Å². The minimum atomic E-state index is -5.60. The number of alkyl halides is 5. The molecule has 0 aliphatic carbocycles. The second kappa shape index (κ2) is 6.40. The summed E-state index contributed by atoms with van der Waals surface area (Å²) in [6, 6.07) is 11.1. The maximum atomic E-state index is 13.2. The Bertz CT molecular complexity index is 670. The molecule has 0 saturated heterocycles. The highest BCUT2D eigenvalue weighted by atomic mass is 19.4. The van der Waals surface area contributed by atoms with Crippen LogP contribution in [-0.2, 0) is 5.92 Å². The Kier molecular flexibility index (Phi) is 4.73. The standard InChI is InChI=1S/C17H13F5O/c1-23-15-10-6-13(7-11-15)3-2-12-4-8-14(9-5-12)16(18,19)17(20,21)22/h2-11H,1H3. The summed E-state index contributed by atoms with van der Waals surface area (Å²) in [7, 11) is 1.54. The van der Waals surface area contributed by atoms with E-state index in [1.165, 1.54) is 12.1 Å². The van der Waals surface area contributed by atoms with Gasteiger partial charge in [0.15, 0.2) is 0 Å². The molecule has 1 nitrogen and oxygen atoms in total. The van der Waals surface area contributed by atoms with Gasteiger partial charge < -0.3 is 4.74 Å². The van der Waals surface area contributed by atoms with Gasteiger partial charge in [0.05, 0.1) is 7.11 Å². The lowest BCUT2D eigenvalue weighted by Gasteiger charge is -2.19. The predicted molar refractivity (Wildman–Crippen MR) is 78.3 cm³/mol. The smallest absolute Gasteiger partial charge is 0.458 e. The van der Waals surface area contributed by atoms with Crippen molar-refractivity contribution in [1.29, 1.82) is 0 Å². The Morgan fingerprint density at radius 2 is 1.17 bits per heavy atom. The molecule has 0 fully saturated rings. The van der Waals surface area contributed by atoms with Crippen LogP contribution in [0.3, 0.4) is 0 Å². The molecule has 6 heteroatoms. The number of hydrogen-bond acceptors (Lipinski definition) is 1. The van der Waals surface area contributed by atoms with Crippen LogP contribution in [0.1, 0.15) is 16.7 Å². The first kappa shape index (κ1) is 17.0. The Balaban J connectivity index is 2.15. The second-order valence-electron chi connectivity index (χ2n) is 4.80. The van der Waals surface area contributed by atoms with Crippen LogP contribution in [0.25, 0.3) is 12.2 Å². The lowest BCUT2D eigenvalue weighted by atomic mass is 10.0. The Hall–Kier alpha value is -2.37. The molecule has 0 atom stereocenters. The molecule has 2 rings (SSSR count). The van der Waals surface area contributed by atoms with Crippen molar-refractivity contribution in [3.05, 3.63) is 65.2 Å². The molecule has 0 aliphatic heterocycles. The summed E-state index contributed by atoms with van der Waals surface area (Å²) in [5.74, 6) is -4.16. The zero-order valence-corrected chi connectivity index (χ0v) is 12.1. The van der Waals surface area contributed by atoms with Gasteiger partial charge in [0.2, 0.25) is 0 Å². The number of ether oxygens (including phenoxy) is 1. The summed E-state index contributed by atoms with van der Waals surface area (Å²) in [5, 5.41) is 0. The zero-order valence-electron chi connectivity index (χ0n) is 12.1. The highest BCUT2D eigenvalue weighted by molar-refractivity contribution is 5.69. The van der Waals surface area contributed by atoms with Crippen LogP contribution in [0.2, 0.25) is 0 Å². The molecular weight excluding hydrogens is 315 g/mol. The molecule has 0 bridgehead atoms. The van der Waals surface area contributed by atoms with E-state index < -0.39 is 17.7 Å². The van der Waals surface area contributed by atoms with Crippen molar-refractivity contribution in [2.24, 2.45) is 0 Å². The van der Waals surface area contributed by atoms with E-state index in [0.29, 0.717) is 11.3 Å². The molecule has 23 heavy (non-hydrogen) atoms. The van der Waals surface area contributed by atoms with Gasteiger partial charge >= 0.3 is 12.1 Å². The number of methoxy groups -OCH3 is 1. The van der Waals surface area contributed by atoms with Gasteiger partial charge in [-0.25, -0.2) is 0 Å². The third-order valence-corrected chi connectivity index (χ3v) is 3.21. The summed E-state index contributed by atoms with van der Waals surface area (Å²) in [6.07, 6.45) is -2.26. The van der Waals surface area contributed by atoms with E-state index in [9.17, 15) is 22.0 Å². The van der Waals surface area contributed by atoms with Crippen LogP contribution >= 0.6 is 0 Å². The van der Waals surface area contributed by atoms with E-state index in [0.717, 1.165) is 17.7 Å². The molecule has 2 aromatic rings. The minimum Gasteiger partial charge on any atom is -0.497 e. The third-order valence-electron chi connectivity index (χ3n) is 3.21. The number of rotatable bonds is 4. The summed E-state index contributed by atoms with van der Waals surface area (Å²) in [4.78, 5) is 0. The highest BCUT2D eigenvalue weighted by Crippen LogP contribution is 2.43. The van der Waals surface area contributed by atoms with Crippen molar-refractivity contribution in [3.8, 4) is 5.75 Å². The fourth-order valence-electron chi connectivity index (χ4n) is 1.87. The number of halogens is 5. The Labute approximate surface area is 130 Å². The molecule has 0 N–H and O–H groups in total. The molecule has 0 aliphatic rings. The SMILES string of the molecule is COc1ccc(C=Cc2ccc(C(F)(F)C(F)(F)F)cc2)cc1. The first-order chi connectivity index (χ1) is 10.7. The topological polar surface area (TPSA) is 9.23 Å². The summed E-state index contributed by atoms with van der Waals surface area (Å²) >= 11 is 0. The molecule has 0 aromatic heterocycles. The van der Waals surface area contributed by atoms with Gasteiger partial charge in [-0.2, -0.15) is 22.0 Å². The molecule has 2 aromatic carbocycles. The lowest BCUT2D eigenvalue weighted by molar-refractivity contribution is -0.289. The summed E-state index contributed by atoms with van der Waals surface area (Å²) < 4.78 is 68.2. The molecule has 0 heterocycles. The third kappa shape index (κ3) is 3.88. The van der Waals surface area contributed by atoms with Crippen molar-refractivity contribution in [2.75, 3.05) is 7.11 Å². The van der Waals surface area contributed by atoms with E-state index in [1.54, 1.807) is 43.5 Å². The molecule has 0 spiro atoms. The molecule has 0 unspecified atom stereocenters. The first-order valence-corrected chi connectivity index (χ1v) is 6.61. The average molecular weight is 328 g/mol. The monoisotopic (exact) mass is 328 g/mol. The van der Waals surface area contributed by atoms with Crippen molar-refractivity contribution in [2.45, 2.75) is 12.1 Å². The Morgan fingerprint density at radius 3 is 1.57 bits per heavy atom. The fraction of sp³-hybridized carbons (Fsp3) is 0.176. The predicted octanol–water partition coefficient (Wildman–Crippen LogP) is 5.52. The maximum absolute atomic E-state index is 13.2. The van der Waals surface area contributed by atoms with Crippen molar-refractivity contribution >= 4 is 12.2 Å². The highest BCUT2D eigenvalue weighted by Gasteiger charge is 2.58. The lowest BCUT2D eigenvalue weighted by Crippen LogP contribution is -2.33. The molecular formula is C17H13F5O. The maximum Gasteiger partial charge on any atom is 0.458 e. The minimum absolute atomic E-state index is 0.516. The van der Waals surface area contributed by atoms with Crippen LogP contribution < -0.4 is 4.74 Å². The van der Waals surface area contributed by atoms with Gasteiger partial charge in [0.25, 0.3) is 0 Å². The normalized spacial score (nSPS) is 12.6. The number of hydrogen-bond donors (Lipinski definition) is 0. The zero-order chi connectivity index (χ0) is 17.1. The Morgan fingerprint density at radius 1 is 0.739 bits per heavy atom. The van der Waals surface area contributed by atoms with Gasteiger partial charge in [-0.1, -0.05) is 48.6 Å².